The van der Waals surface area contributed by atoms with Crippen molar-refractivity contribution in [1.82, 2.24) is 5.32 Å². The lowest BCUT2D eigenvalue weighted by atomic mass is 9.88. The van der Waals surface area contributed by atoms with E-state index < -0.39 is 0 Å². The first-order valence-corrected chi connectivity index (χ1v) is 7.09. The van der Waals surface area contributed by atoms with Crippen LogP contribution in [0.4, 0.5) is 0 Å². The minimum Gasteiger partial charge on any atom is -0.349 e. The zero-order valence-corrected chi connectivity index (χ0v) is 10.9. The molecule has 3 rings (SSSR count). The first-order chi connectivity index (χ1) is 8.74. The summed E-state index contributed by atoms with van der Waals surface area (Å²) in [7, 11) is 0. The molecule has 0 aromatic heterocycles. The Kier molecular flexibility index (Phi) is 3.11. The fourth-order valence-electron chi connectivity index (χ4n) is 3.71. The van der Waals surface area contributed by atoms with Gasteiger partial charge in [0.1, 0.15) is 0 Å². The summed E-state index contributed by atoms with van der Waals surface area (Å²) in [5, 5.41) is 3.18. The third kappa shape index (κ3) is 2.16. The molecule has 3 unspecified atom stereocenters. The van der Waals surface area contributed by atoms with Crippen molar-refractivity contribution in [1.29, 1.82) is 0 Å². The highest BCUT2D eigenvalue weighted by Gasteiger charge is 2.43. The predicted octanol–water partition coefficient (Wildman–Crippen LogP) is 3.30. The number of benzene rings is 1. The van der Waals surface area contributed by atoms with Crippen LogP contribution in [0.15, 0.2) is 30.3 Å². The Morgan fingerprint density at radius 2 is 2.00 bits per heavy atom. The summed E-state index contributed by atoms with van der Waals surface area (Å²) in [6.07, 6.45) is 5.03. The summed E-state index contributed by atoms with van der Waals surface area (Å²) in [4.78, 5) is 12.3. The predicted molar refractivity (Wildman–Crippen MR) is 71.9 cm³/mol. The van der Waals surface area contributed by atoms with Gasteiger partial charge in [0.15, 0.2) is 0 Å². The van der Waals surface area contributed by atoms with E-state index in [2.05, 4.69) is 24.4 Å². The van der Waals surface area contributed by atoms with Gasteiger partial charge in [-0.2, -0.15) is 0 Å². The molecule has 0 saturated heterocycles. The van der Waals surface area contributed by atoms with Crippen LogP contribution in [0.3, 0.4) is 0 Å². The summed E-state index contributed by atoms with van der Waals surface area (Å²) >= 11 is 0. The molecule has 1 aromatic carbocycles. The number of carbonyl (C=O) groups is 1. The summed E-state index contributed by atoms with van der Waals surface area (Å²) in [5.41, 5.74) is 1.19. The van der Waals surface area contributed by atoms with Crippen molar-refractivity contribution in [3.8, 4) is 0 Å². The molecular formula is C16H21NO. The molecule has 0 aliphatic heterocycles. The highest BCUT2D eigenvalue weighted by molar-refractivity contribution is 5.80. The van der Waals surface area contributed by atoms with Gasteiger partial charge in [0.05, 0.1) is 6.04 Å². The Labute approximate surface area is 109 Å². The summed E-state index contributed by atoms with van der Waals surface area (Å²) < 4.78 is 0. The maximum Gasteiger partial charge on any atom is 0.223 e. The monoisotopic (exact) mass is 243 g/mol. The van der Waals surface area contributed by atoms with E-state index in [9.17, 15) is 4.79 Å². The molecule has 2 heteroatoms. The van der Waals surface area contributed by atoms with Gasteiger partial charge in [-0.05, 0) is 43.6 Å². The van der Waals surface area contributed by atoms with Gasteiger partial charge in [0.25, 0.3) is 0 Å². The number of nitrogens with one attached hydrogen (secondary N) is 1. The van der Waals surface area contributed by atoms with Gasteiger partial charge in [-0.3, -0.25) is 4.79 Å². The Morgan fingerprint density at radius 3 is 2.61 bits per heavy atom. The second-order valence-corrected chi connectivity index (χ2v) is 5.92. The fourth-order valence-corrected chi connectivity index (χ4v) is 3.71. The lowest BCUT2D eigenvalue weighted by Gasteiger charge is -2.23. The average Bonchev–Trinajstić information content (AvgIpc) is 3.02. The normalized spacial score (nSPS) is 31.3. The highest BCUT2D eigenvalue weighted by atomic mass is 16.2. The minimum absolute atomic E-state index is 0.123. The molecule has 18 heavy (non-hydrogen) atoms. The van der Waals surface area contributed by atoms with E-state index in [-0.39, 0.29) is 17.9 Å². The number of hydrogen-bond acceptors (Lipinski definition) is 1. The SMILES string of the molecule is C[C@H](NC(=O)C1CC2CCC1C2)c1ccccc1. The van der Waals surface area contributed by atoms with Crippen molar-refractivity contribution in [3.63, 3.8) is 0 Å². The molecule has 0 radical (unpaired) electrons. The zero-order chi connectivity index (χ0) is 12.5. The quantitative estimate of drug-likeness (QED) is 0.867. The largest absolute Gasteiger partial charge is 0.349 e. The van der Waals surface area contributed by atoms with E-state index >= 15 is 0 Å². The van der Waals surface area contributed by atoms with Gasteiger partial charge in [0.2, 0.25) is 5.91 Å². The number of rotatable bonds is 3. The summed E-state index contributed by atoms with van der Waals surface area (Å²) in [6.45, 7) is 2.07. The van der Waals surface area contributed by atoms with E-state index in [1.54, 1.807) is 0 Å². The van der Waals surface area contributed by atoms with Crippen LogP contribution < -0.4 is 5.32 Å². The van der Waals surface area contributed by atoms with Crippen LogP contribution in [0.2, 0.25) is 0 Å². The van der Waals surface area contributed by atoms with Crippen LogP contribution >= 0.6 is 0 Å². The second-order valence-electron chi connectivity index (χ2n) is 5.92. The van der Waals surface area contributed by atoms with Crippen LogP contribution in [0.1, 0.15) is 44.2 Å². The zero-order valence-electron chi connectivity index (χ0n) is 10.9. The third-order valence-electron chi connectivity index (χ3n) is 4.73. The second kappa shape index (κ2) is 4.75. The van der Waals surface area contributed by atoms with Crippen LogP contribution in [0, 0.1) is 17.8 Å². The molecule has 0 heterocycles. The molecule has 2 bridgehead atoms. The minimum atomic E-state index is 0.123. The smallest absolute Gasteiger partial charge is 0.223 e. The average molecular weight is 243 g/mol. The summed E-state index contributed by atoms with van der Waals surface area (Å²) in [5.74, 6) is 2.06. The maximum atomic E-state index is 12.3. The molecule has 2 aliphatic carbocycles. The van der Waals surface area contributed by atoms with E-state index in [1.165, 1.54) is 24.8 Å². The van der Waals surface area contributed by atoms with Crippen LogP contribution in [0.5, 0.6) is 0 Å². The summed E-state index contributed by atoms with van der Waals surface area (Å²) in [6, 6.07) is 10.3. The molecule has 2 aliphatic rings. The van der Waals surface area contributed by atoms with Crippen LogP contribution in [-0.2, 0) is 4.79 Å². The van der Waals surface area contributed by atoms with Crippen molar-refractivity contribution < 1.29 is 4.79 Å². The lowest BCUT2D eigenvalue weighted by Crippen LogP contribution is -2.35. The molecule has 4 atom stereocenters. The number of amides is 1. The first kappa shape index (κ1) is 11.8. The van der Waals surface area contributed by atoms with E-state index in [1.807, 2.05) is 18.2 Å². The van der Waals surface area contributed by atoms with Gasteiger partial charge < -0.3 is 5.32 Å². The van der Waals surface area contributed by atoms with Gasteiger partial charge in [-0.25, -0.2) is 0 Å². The molecule has 1 aromatic rings. The lowest BCUT2D eigenvalue weighted by molar-refractivity contribution is -0.127. The number of hydrogen-bond donors (Lipinski definition) is 1. The third-order valence-corrected chi connectivity index (χ3v) is 4.73. The van der Waals surface area contributed by atoms with Crippen LogP contribution in [0.25, 0.3) is 0 Å². The van der Waals surface area contributed by atoms with E-state index in [4.69, 9.17) is 0 Å². The van der Waals surface area contributed by atoms with Gasteiger partial charge in [0, 0.05) is 5.92 Å². The molecule has 1 amide bonds. The van der Waals surface area contributed by atoms with Crippen LogP contribution in [-0.4, -0.2) is 5.91 Å². The number of fused-ring (bicyclic) bond motifs is 2. The Morgan fingerprint density at radius 1 is 1.22 bits per heavy atom. The fraction of sp³-hybridized carbons (Fsp3) is 0.562. The van der Waals surface area contributed by atoms with Crippen molar-refractivity contribution in [2.24, 2.45) is 17.8 Å². The Balaban J connectivity index is 1.61. The molecule has 0 spiro atoms. The molecule has 2 nitrogen and oxygen atoms in total. The van der Waals surface area contributed by atoms with E-state index in [0.717, 1.165) is 12.3 Å². The molecular weight excluding hydrogens is 222 g/mol. The Bertz CT molecular complexity index is 428. The molecule has 1 N–H and O–H groups in total. The molecule has 2 saturated carbocycles. The topological polar surface area (TPSA) is 29.1 Å². The maximum absolute atomic E-state index is 12.3. The van der Waals surface area contributed by atoms with Gasteiger partial charge in [-0.1, -0.05) is 36.8 Å². The first-order valence-electron chi connectivity index (χ1n) is 7.09. The van der Waals surface area contributed by atoms with Crippen molar-refractivity contribution in [2.75, 3.05) is 0 Å². The highest BCUT2D eigenvalue weighted by Crippen LogP contribution is 2.48. The van der Waals surface area contributed by atoms with Gasteiger partial charge >= 0.3 is 0 Å². The van der Waals surface area contributed by atoms with Crippen molar-refractivity contribution in [2.45, 2.75) is 38.6 Å². The number of carbonyl (C=O) groups excluding carboxylic acids is 1. The Hall–Kier alpha value is -1.31. The van der Waals surface area contributed by atoms with Gasteiger partial charge in [-0.15, -0.1) is 0 Å². The standard InChI is InChI=1S/C16H21NO/c1-11(13-5-3-2-4-6-13)17-16(18)15-10-12-7-8-14(15)9-12/h2-6,11-12,14-15H,7-10H2,1H3,(H,17,18)/t11-,12?,14?,15?/m0/s1. The van der Waals surface area contributed by atoms with E-state index in [0.29, 0.717) is 5.92 Å². The van der Waals surface area contributed by atoms with Crippen molar-refractivity contribution in [3.05, 3.63) is 35.9 Å². The molecule has 96 valence electrons. The van der Waals surface area contributed by atoms with Crippen molar-refractivity contribution >= 4 is 5.91 Å². The molecule has 2 fully saturated rings.